The van der Waals surface area contributed by atoms with E-state index in [1.54, 1.807) is 12.1 Å². The molecule has 0 radical (unpaired) electrons. The predicted molar refractivity (Wildman–Crippen MR) is 94.5 cm³/mol. The maximum atomic E-state index is 9.78. The van der Waals surface area contributed by atoms with Gasteiger partial charge in [-0.1, -0.05) is 43.7 Å². The third-order valence-electron chi connectivity index (χ3n) is 4.17. The van der Waals surface area contributed by atoms with E-state index in [2.05, 4.69) is 49.9 Å². The fourth-order valence-electron chi connectivity index (χ4n) is 3.12. The summed E-state index contributed by atoms with van der Waals surface area (Å²) in [5.41, 5.74) is 3.58. The highest BCUT2D eigenvalue weighted by molar-refractivity contribution is 5.63. The fraction of sp³-hybridized carbons (Fsp3) is 0.400. The number of aryl methyl sites for hydroxylation is 1. The van der Waals surface area contributed by atoms with Gasteiger partial charge in [0, 0.05) is 19.0 Å². The minimum Gasteiger partial charge on any atom is -0.508 e. The second kappa shape index (κ2) is 6.53. The van der Waals surface area contributed by atoms with Crippen molar-refractivity contribution in [3.8, 4) is 11.5 Å². The van der Waals surface area contributed by atoms with E-state index in [-0.39, 0.29) is 11.9 Å². The van der Waals surface area contributed by atoms with Gasteiger partial charge in [-0.3, -0.25) is 0 Å². The van der Waals surface area contributed by atoms with E-state index < -0.39 is 0 Å². The van der Waals surface area contributed by atoms with Crippen LogP contribution in [0, 0.1) is 12.8 Å². The monoisotopic (exact) mass is 311 g/mol. The summed E-state index contributed by atoms with van der Waals surface area (Å²) in [6.45, 7) is 8.35. The first kappa shape index (κ1) is 15.7. The molecular formula is C20H25NO2. The summed E-state index contributed by atoms with van der Waals surface area (Å²) in [6.07, 6.45) is 1.03. The number of rotatable bonds is 4. The number of fused-ring (bicyclic) bond motifs is 1. The number of benzene rings is 2. The third kappa shape index (κ3) is 3.79. The second-order valence-corrected chi connectivity index (χ2v) is 6.88. The lowest BCUT2D eigenvalue weighted by molar-refractivity contribution is 0.192. The zero-order valence-corrected chi connectivity index (χ0v) is 14.1. The van der Waals surface area contributed by atoms with Crippen LogP contribution in [0.3, 0.4) is 0 Å². The Bertz CT molecular complexity index is 664. The van der Waals surface area contributed by atoms with Crippen LogP contribution in [0.2, 0.25) is 0 Å². The van der Waals surface area contributed by atoms with Crippen molar-refractivity contribution < 1.29 is 9.84 Å². The summed E-state index contributed by atoms with van der Waals surface area (Å²) in [5, 5.41) is 9.78. The van der Waals surface area contributed by atoms with E-state index in [1.165, 1.54) is 11.1 Å². The van der Waals surface area contributed by atoms with Crippen LogP contribution in [0.25, 0.3) is 0 Å². The molecule has 0 bridgehead atoms. The maximum absolute atomic E-state index is 9.78. The van der Waals surface area contributed by atoms with Gasteiger partial charge < -0.3 is 14.7 Å². The van der Waals surface area contributed by atoms with Crippen LogP contribution in [-0.4, -0.2) is 24.3 Å². The van der Waals surface area contributed by atoms with E-state index in [0.29, 0.717) is 5.92 Å². The molecule has 3 heteroatoms. The number of nitrogens with zero attached hydrogens (tertiary/aromatic N) is 1. The van der Waals surface area contributed by atoms with Gasteiger partial charge in [0.1, 0.15) is 17.6 Å². The number of anilines is 1. The Morgan fingerprint density at radius 3 is 2.61 bits per heavy atom. The minimum absolute atomic E-state index is 0.133. The Morgan fingerprint density at radius 2 is 1.91 bits per heavy atom. The van der Waals surface area contributed by atoms with Crippen LogP contribution in [0.1, 0.15) is 25.0 Å². The van der Waals surface area contributed by atoms with Gasteiger partial charge in [-0.25, -0.2) is 0 Å². The molecule has 0 fully saturated rings. The van der Waals surface area contributed by atoms with Crippen LogP contribution >= 0.6 is 0 Å². The van der Waals surface area contributed by atoms with Gasteiger partial charge in [-0.15, -0.1) is 0 Å². The van der Waals surface area contributed by atoms with Gasteiger partial charge in [-0.2, -0.15) is 0 Å². The van der Waals surface area contributed by atoms with Crippen molar-refractivity contribution in [1.29, 1.82) is 0 Å². The molecule has 122 valence electrons. The Kier molecular flexibility index (Phi) is 4.46. The van der Waals surface area contributed by atoms with Gasteiger partial charge in [0.25, 0.3) is 0 Å². The molecular weight excluding hydrogens is 286 g/mol. The van der Waals surface area contributed by atoms with Crippen LogP contribution in [-0.2, 0) is 6.42 Å². The van der Waals surface area contributed by atoms with E-state index in [9.17, 15) is 5.11 Å². The summed E-state index contributed by atoms with van der Waals surface area (Å²) >= 11 is 0. The highest BCUT2D eigenvalue weighted by Crippen LogP contribution is 2.37. The van der Waals surface area contributed by atoms with Gasteiger partial charge in [0.15, 0.2) is 0 Å². The summed E-state index contributed by atoms with van der Waals surface area (Å²) in [7, 11) is 0. The number of ether oxygens (including phenoxy) is 1. The third-order valence-corrected chi connectivity index (χ3v) is 4.17. The zero-order chi connectivity index (χ0) is 16.4. The molecule has 0 aromatic heterocycles. The van der Waals surface area contributed by atoms with Crippen LogP contribution in [0.5, 0.6) is 11.5 Å². The first-order valence-electron chi connectivity index (χ1n) is 8.31. The summed E-state index contributed by atoms with van der Waals surface area (Å²) < 4.78 is 6.18. The lowest BCUT2D eigenvalue weighted by atomic mass is 10.0. The number of phenols is 1. The number of hydrogen-bond acceptors (Lipinski definition) is 3. The minimum atomic E-state index is 0.133. The van der Waals surface area contributed by atoms with Gasteiger partial charge in [0.05, 0.1) is 12.2 Å². The maximum Gasteiger partial charge on any atom is 0.143 e. The molecule has 1 aliphatic rings. The Morgan fingerprint density at radius 1 is 1.17 bits per heavy atom. The molecule has 3 nitrogen and oxygen atoms in total. The molecule has 3 rings (SSSR count). The normalized spacial score (nSPS) is 17.0. The van der Waals surface area contributed by atoms with Crippen molar-refractivity contribution in [2.45, 2.75) is 33.3 Å². The Balaban J connectivity index is 1.81. The van der Waals surface area contributed by atoms with Crippen LogP contribution in [0.15, 0.2) is 42.5 Å². The smallest absolute Gasteiger partial charge is 0.143 e. The molecule has 0 saturated heterocycles. The van der Waals surface area contributed by atoms with E-state index >= 15 is 0 Å². The van der Waals surface area contributed by atoms with Gasteiger partial charge >= 0.3 is 0 Å². The SMILES string of the molecule is Cc1ccc(CC2CN(CC(C)C)c3cc(O)ccc3O2)cc1. The number of hydrogen-bond donors (Lipinski definition) is 1. The summed E-state index contributed by atoms with van der Waals surface area (Å²) in [6, 6.07) is 14.0. The quantitative estimate of drug-likeness (QED) is 0.920. The highest BCUT2D eigenvalue weighted by Gasteiger charge is 2.26. The molecule has 0 aliphatic carbocycles. The molecule has 0 spiro atoms. The molecule has 2 aromatic carbocycles. The predicted octanol–water partition coefficient (Wildman–Crippen LogP) is 4.17. The van der Waals surface area contributed by atoms with E-state index in [1.807, 2.05) is 6.07 Å². The molecule has 0 saturated carbocycles. The topological polar surface area (TPSA) is 32.7 Å². The lowest BCUT2D eigenvalue weighted by Crippen LogP contribution is -2.42. The molecule has 1 atom stereocenters. The number of phenolic OH excluding ortho intramolecular Hbond substituents is 1. The van der Waals surface area contributed by atoms with Crippen LogP contribution in [0.4, 0.5) is 5.69 Å². The van der Waals surface area contributed by atoms with Crippen LogP contribution < -0.4 is 9.64 Å². The zero-order valence-electron chi connectivity index (χ0n) is 14.1. The van der Waals surface area contributed by atoms with Crippen molar-refractivity contribution >= 4 is 5.69 Å². The average Bonchev–Trinajstić information content (AvgIpc) is 2.50. The van der Waals surface area contributed by atoms with Crippen molar-refractivity contribution in [1.82, 2.24) is 0 Å². The Hall–Kier alpha value is -2.16. The highest BCUT2D eigenvalue weighted by atomic mass is 16.5. The van der Waals surface area contributed by atoms with Crippen molar-refractivity contribution in [2.75, 3.05) is 18.0 Å². The summed E-state index contributed by atoms with van der Waals surface area (Å²) in [4.78, 5) is 2.34. The van der Waals surface area contributed by atoms with E-state index in [4.69, 9.17) is 4.74 Å². The molecule has 2 aromatic rings. The molecule has 23 heavy (non-hydrogen) atoms. The second-order valence-electron chi connectivity index (χ2n) is 6.88. The molecule has 1 unspecified atom stereocenters. The van der Waals surface area contributed by atoms with Crippen molar-refractivity contribution in [3.05, 3.63) is 53.6 Å². The molecule has 0 amide bonds. The van der Waals surface area contributed by atoms with Gasteiger partial charge in [-0.05, 0) is 30.5 Å². The average molecular weight is 311 g/mol. The fourth-order valence-corrected chi connectivity index (χ4v) is 3.12. The molecule has 1 aliphatic heterocycles. The Labute approximate surface area is 138 Å². The first-order chi connectivity index (χ1) is 11.0. The largest absolute Gasteiger partial charge is 0.508 e. The lowest BCUT2D eigenvalue weighted by Gasteiger charge is -2.37. The van der Waals surface area contributed by atoms with Gasteiger partial charge in [0.2, 0.25) is 0 Å². The van der Waals surface area contributed by atoms with E-state index in [0.717, 1.165) is 30.9 Å². The number of aromatic hydroxyl groups is 1. The molecule has 1 N–H and O–H groups in total. The molecule has 1 heterocycles. The summed E-state index contributed by atoms with van der Waals surface area (Å²) in [5.74, 6) is 1.72. The standard InChI is InChI=1S/C20H25NO2/c1-14(2)12-21-13-18(10-16-6-4-15(3)5-7-16)23-20-9-8-17(22)11-19(20)21/h4-9,11,14,18,22H,10,12-13H2,1-3H3. The van der Waals surface area contributed by atoms with Crippen molar-refractivity contribution in [2.24, 2.45) is 5.92 Å². The van der Waals surface area contributed by atoms with Crippen molar-refractivity contribution in [3.63, 3.8) is 0 Å². The first-order valence-corrected chi connectivity index (χ1v) is 8.31.